The number of halogens is 2. The predicted octanol–water partition coefficient (Wildman–Crippen LogP) is 2.84. The van der Waals surface area contributed by atoms with Gasteiger partial charge in [-0.3, -0.25) is 0 Å². The van der Waals surface area contributed by atoms with Crippen LogP contribution >= 0.6 is 35.0 Å². The highest BCUT2D eigenvalue weighted by Crippen LogP contribution is 2.28. The third-order valence-corrected chi connectivity index (χ3v) is 3.16. The molecule has 1 heterocycles. The van der Waals surface area contributed by atoms with Crippen LogP contribution in [0.3, 0.4) is 0 Å². The maximum absolute atomic E-state index is 5.99. The van der Waals surface area contributed by atoms with Crippen molar-refractivity contribution in [1.82, 2.24) is 4.98 Å². The number of nitrogens with two attached hydrogens (primary N) is 1. The predicted molar refractivity (Wildman–Crippen MR) is 73.6 cm³/mol. The van der Waals surface area contributed by atoms with Crippen LogP contribution in [0.15, 0.2) is 6.07 Å². The maximum atomic E-state index is 5.99. The Hall–Kier alpha value is -0.360. The average Bonchev–Trinajstić information content (AvgIpc) is 2.27. The van der Waals surface area contributed by atoms with E-state index < -0.39 is 0 Å². The van der Waals surface area contributed by atoms with Gasteiger partial charge in [0, 0.05) is 6.54 Å². The summed E-state index contributed by atoms with van der Waals surface area (Å²) in [5, 5.41) is 4.04. The van der Waals surface area contributed by atoms with Crippen LogP contribution in [0.4, 0.5) is 11.6 Å². The lowest BCUT2D eigenvalue weighted by atomic mass is 10.4. The van der Waals surface area contributed by atoms with E-state index in [0.717, 1.165) is 18.7 Å². The van der Waals surface area contributed by atoms with Gasteiger partial charge in [0.15, 0.2) is 5.82 Å². The Labute approximate surface area is 109 Å². The molecule has 0 aliphatic carbocycles. The molecule has 16 heavy (non-hydrogen) atoms. The van der Waals surface area contributed by atoms with E-state index in [4.69, 9.17) is 29.0 Å². The zero-order chi connectivity index (χ0) is 12.0. The van der Waals surface area contributed by atoms with Crippen LogP contribution < -0.4 is 16.6 Å². The molecule has 0 aliphatic rings. The number of anilines is 2. The average molecular weight is 281 g/mol. The standard InChI is InChI=1S/C9H14Cl2N4S/c1-16-4-2-3-13-8-6(10)5-7(11)9(14-8)15-12/h5H,2-4,12H2,1H3,(H2,13,14,15). The second-order valence-corrected chi connectivity index (χ2v) is 4.87. The number of nitrogen functional groups attached to an aromatic ring is 1. The van der Waals surface area contributed by atoms with Gasteiger partial charge in [-0.05, 0) is 24.5 Å². The number of thioether (sulfide) groups is 1. The summed E-state index contributed by atoms with van der Waals surface area (Å²) < 4.78 is 0. The largest absolute Gasteiger partial charge is 0.369 e. The number of rotatable bonds is 6. The molecule has 0 radical (unpaired) electrons. The Bertz CT molecular complexity index is 349. The molecule has 0 saturated carbocycles. The smallest absolute Gasteiger partial charge is 0.161 e. The maximum Gasteiger partial charge on any atom is 0.161 e. The minimum atomic E-state index is 0.405. The zero-order valence-corrected chi connectivity index (χ0v) is 11.2. The van der Waals surface area contributed by atoms with Crippen molar-refractivity contribution >= 4 is 46.6 Å². The van der Waals surface area contributed by atoms with E-state index in [1.54, 1.807) is 17.8 Å². The Balaban J connectivity index is 2.64. The van der Waals surface area contributed by atoms with E-state index in [1.807, 2.05) is 0 Å². The first kappa shape index (κ1) is 13.7. The van der Waals surface area contributed by atoms with E-state index in [1.165, 1.54) is 0 Å². The van der Waals surface area contributed by atoms with Crippen LogP contribution in [0.1, 0.15) is 6.42 Å². The first-order valence-electron chi connectivity index (χ1n) is 4.74. The normalized spacial score (nSPS) is 10.2. The third kappa shape index (κ3) is 3.90. The Kier molecular flexibility index (Phi) is 6.05. The minimum absolute atomic E-state index is 0.405. The lowest BCUT2D eigenvalue weighted by Gasteiger charge is -2.10. The molecule has 0 fully saturated rings. The lowest BCUT2D eigenvalue weighted by Crippen LogP contribution is -2.11. The number of nitrogens with one attached hydrogen (secondary N) is 2. The molecule has 1 aromatic heterocycles. The van der Waals surface area contributed by atoms with Crippen LogP contribution in [-0.4, -0.2) is 23.5 Å². The molecule has 90 valence electrons. The van der Waals surface area contributed by atoms with Gasteiger partial charge in [0.1, 0.15) is 5.82 Å². The second-order valence-electron chi connectivity index (χ2n) is 3.07. The zero-order valence-electron chi connectivity index (χ0n) is 8.89. The molecular formula is C9H14Cl2N4S. The van der Waals surface area contributed by atoms with Gasteiger partial charge in [-0.15, -0.1) is 0 Å². The summed E-state index contributed by atoms with van der Waals surface area (Å²) in [6.45, 7) is 0.819. The highest BCUT2D eigenvalue weighted by atomic mass is 35.5. The Morgan fingerprint density at radius 2 is 2.06 bits per heavy atom. The molecule has 0 atom stereocenters. The molecule has 0 amide bonds. The van der Waals surface area contributed by atoms with E-state index in [0.29, 0.717) is 21.7 Å². The summed E-state index contributed by atoms with van der Waals surface area (Å²) in [4.78, 5) is 4.17. The molecule has 1 aromatic rings. The Morgan fingerprint density at radius 3 is 2.69 bits per heavy atom. The number of pyridine rings is 1. The molecule has 4 N–H and O–H groups in total. The highest BCUT2D eigenvalue weighted by Gasteiger charge is 2.07. The molecule has 0 bridgehead atoms. The molecule has 0 aliphatic heterocycles. The monoisotopic (exact) mass is 280 g/mol. The number of hydrogen-bond acceptors (Lipinski definition) is 5. The van der Waals surface area contributed by atoms with E-state index in [-0.39, 0.29) is 0 Å². The van der Waals surface area contributed by atoms with Crippen LogP contribution in [0, 0.1) is 0 Å². The van der Waals surface area contributed by atoms with E-state index in [9.17, 15) is 0 Å². The van der Waals surface area contributed by atoms with Gasteiger partial charge >= 0.3 is 0 Å². The summed E-state index contributed by atoms with van der Waals surface area (Å²) in [6.07, 6.45) is 3.12. The third-order valence-electron chi connectivity index (χ3n) is 1.88. The van der Waals surface area contributed by atoms with Crippen LogP contribution in [0.5, 0.6) is 0 Å². The molecule has 4 nitrogen and oxygen atoms in total. The fourth-order valence-corrected chi connectivity index (χ4v) is 2.03. The summed E-state index contributed by atoms with van der Waals surface area (Å²) in [5.41, 5.74) is 2.42. The lowest BCUT2D eigenvalue weighted by molar-refractivity contribution is 0.981. The molecule has 0 spiro atoms. The quantitative estimate of drug-likeness (QED) is 0.425. The first-order valence-corrected chi connectivity index (χ1v) is 6.89. The number of aromatic nitrogens is 1. The van der Waals surface area contributed by atoms with Crippen molar-refractivity contribution in [3.8, 4) is 0 Å². The van der Waals surface area contributed by atoms with Gasteiger partial charge in [0.2, 0.25) is 0 Å². The second kappa shape index (κ2) is 7.06. The number of nitrogens with zero attached hydrogens (tertiary/aromatic N) is 1. The van der Waals surface area contributed by atoms with E-state index in [2.05, 4.69) is 22.0 Å². The van der Waals surface area contributed by atoms with Crippen LogP contribution in [0.25, 0.3) is 0 Å². The van der Waals surface area contributed by atoms with Crippen LogP contribution in [0.2, 0.25) is 10.0 Å². The molecule has 0 saturated heterocycles. The first-order chi connectivity index (χ1) is 7.69. The summed E-state index contributed by atoms with van der Waals surface area (Å²) >= 11 is 13.7. The number of hydrogen-bond donors (Lipinski definition) is 3. The van der Waals surface area contributed by atoms with Crippen molar-refractivity contribution in [2.75, 3.05) is 29.3 Å². The molecular weight excluding hydrogens is 267 g/mol. The fourth-order valence-electron chi connectivity index (χ4n) is 1.12. The van der Waals surface area contributed by atoms with Crippen molar-refractivity contribution in [3.05, 3.63) is 16.1 Å². The summed E-state index contributed by atoms with van der Waals surface area (Å²) in [5.74, 6) is 7.38. The van der Waals surface area contributed by atoms with Crippen molar-refractivity contribution in [2.24, 2.45) is 5.84 Å². The van der Waals surface area contributed by atoms with Gasteiger partial charge in [0.25, 0.3) is 0 Å². The SMILES string of the molecule is CSCCCNc1nc(NN)c(Cl)cc1Cl. The van der Waals surface area contributed by atoms with Gasteiger partial charge in [-0.2, -0.15) is 11.8 Å². The van der Waals surface area contributed by atoms with Gasteiger partial charge in [0.05, 0.1) is 10.0 Å². The topological polar surface area (TPSA) is 63.0 Å². The van der Waals surface area contributed by atoms with Crippen molar-refractivity contribution in [1.29, 1.82) is 0 Å². The number of hydrazine groups is 1. The van der Waals surface area contributed by atoms with Crippen molar-refractivity contribution < 1.29 is 0 Å². The molecule has 0 aromatic carbocycles. The summed E-state index contributed by atoms with van der Waals surface area (Å²) in [7, 11) is 0. The fraction of sp³-hybridized carbons (Fsp3) is 0.444. The molecule has 7 heteroatoms. The van der Waals surface area contributed by atoms with Gasteiger partial charge in [-0.25, -0.2) is 10.8 Å². The van der Waals surface area contributed by atoms with E-state index >= 15 is 0 Å². The van der Waals surface area contributed by atoms with Gasteiger partial charge < -0.3 is 10.7 Å². The molecule has 1 rings (SSSR count). The van der Waals surface area contributed by atoms with Crippen molar-refractivity contribution in [3.63, 3.8) is 0 Å². The Morgan fingerprint density at radius 1 is 1.38 bits per heavy atom. The molecule has 0 unspecified atom stereocenters. The summed E-state index contributed by atoms with van der Waals surface area (Å²) in [6, 6.07) is 1.61. The van der Waals surface area contributed by atoms with Crippen molar-refractivity contribution in [2.45, 2.75) is 6.42 Å². The van der Waals surface area contributed by atoms with Crippen LogP contribution in [-0.2, 0) is 0 Å². The van der Waals surface area contributed by atoms with Gasteiger partial charge in [-0.1, -0.05) is 23.2 Å². The highest BCUT2D eigenvalue weighted by molar-refractivity contribution is 7.98. The minimum Gasteiger partial charge on any atom is -0.369 e.